The van der Waals surface area contributed by atoms with E-state index < -0.39 is 29.8 Å². The third kappa shape index (κ3) is 2.91. The van der Waals surface area contributed by atoms with Gasteiger partial charge in [0.15, 0.2) is 0 Å². The lowest BCUT2D eigenvalue weighted by Crippen LogP contribution is -2.33. The zero-order chi connectivity index (χ0) is 17.5. The van der Waals surface area contributed by atoms with Crippen LogP contribution in [0.25, 0.3) is 0 Å². The summed E-state index contributed by atoms with van der Waals surface area (Å²) in [4.78, 5) is 16.9. The molecule has 0 radical (unpaired) electrons. The number of H-pyrrole nitrogens is 1. The summed E-state index contributed by atoms with van der Waals surface area (Å²) in [6.45, 7) is 1.75. The van der Waals surface area contributed by atoms with Gasteiger partial charge in [-0.25, -0.2) is 0 Å². The van der Waals surface area contributed by atoms with Crippen LogP contribution in [-0.4, -0.2) is 33.5 Å². The van der Waals surface area contributed by atoms with E-state index in [1.165, 1.54) is 23.1 Å². The number of likely N-dealkylation sites (tertiary alicyclic amines) is 1. The van der Waals surface area contributed by atoms with Crippen molar-refractivity contribution >= 4 is 5.91 Å². The average Bonchev–Trinajstić information content (AvgIpc) is 3.11. The van der Waals surface area contributed by atoms with E-state index in [-0.39, 0.29) is 18.5 Å². The third-order valence-electron chi connectivity index (χ3n) is 4.33. The molecule has 2 atom stereocenters. The number of amides is 1. The summed E-state index contributed by atoms with van der Waals surface area (Å²) in [6, 6.07) is 6.11. The van der Waals surface area contributed by atoms with Crippen molar-refractivity contribution in [1.29, 1.82) is 0 Å². The number of β-amino-alcohol motifs (C(OH)–C–C–N with tert-alkyl or cyclic N) is 1. The van der Waals surface area contributed by atoms with Gasteiger partial charge in [0.05, 0.1) is 17.7 Å². The van der Waals surface area contributed by atoms with E-state index >= 15 is 0 Å². The molecule has 1 aromatic heterocycles. The molecule has 24 heavy (non-hydrogen) atoms. The monoisotopic (exact) mass is 338 g/mol. The summed E-state index contributed by atoms with van der Waals surface area (Å²) in [5.41, 5.74) is 0.284. The minimum absolute atomic E-state index is 0.00809. The number of aliphatic hydroxyl groups excluding tert-OH is 1. The molecule has 4 nitrogen and oxygen atoms in total. The van der Waals surface area contributed by atoms with Crippen molar-refractivity contribution in [3.8, 4) is 0 Å². The minimum atomic E-state index is -4.51. The molecule has 1 fully saturated rings. The second-order valence-corrected chi connectivity index (χ2v) is 5.98. The van der Waals surface area contributed by atoms with E-state index in [0.29, 0.717) is 11.3 Å². The van der Waals surface area contributed by atoms with Crippen LogP contribution in [0.15, 0.2) is 36.5 Å². The van der Waals surface area contributed by atoms with Crippen LogP contribution in [-0.2, 0) is 6.18 Å². The van der Waals surface area contributed by atoms with E-state index in [1.807, 2.05) is 0 Å². The van der Waals surface area contributed by atoms with E-state index in [2.05, 4.69) is 4.98 Å². The van der Waals surface area contributed by atoms with Crippen molar-refractivity contribution in [1.82, 2.24) is 9.88 Å². The number of aliphatic hydroxyl groups is 1. The van der Waals surface area contributed by atoms with Crippen LogP contribution in [0.4, 0.5) is 13.2 Å². The number of aromatic nitrogens is 1. The molecule has 1 amide bonds. The van der Waals surface area contributed by atoms with Gasteiger partial charge in [-0.3, -0.25) is 4.79 Å². The highest BCUT2D eigenvalue weighted by Gasteiger charge is 2.41. The van der Waals surface area contributed by atoms with Crippen LogP contribution in [0, 0.1) is 6.92 Å². The smallest absolute Gasteiger partial charge is 0.391 e. The van der Waals surface area contributed by atoms with Crippen molar-refractivity contribution in [2.75, 3.05) is 6.54 Å². The molecule has 0 bridgehead atoms. The first-order valence-corrected chi connectivity index (χ1v) is 7.58. The molecule has 0 unspecified atom stereocenters. The van der Waals surface area contributed by atoms with Gasteiger partial charge < -0.3 is 15.0 Å². The Hall–Kier alpha value is -2.28. The molecular weight excluding hydrogens is 321 g/mol. The fourth-order valence-electron chi connectivity index (χ4n) is 3.20. The first-order valence-electron chi connectivity index (χ1n) is 7.58. The molecular formula is C17H17F3N2O2. The Bertz CT molecular complexity index is 754. The van der Waals surface area contributed by atoms with Gasteiger partial charge in [-0.05, 0) is 36.6 Å². The van der Waals surface area contributed by atoms with Crippen LogP contribution in [0.2, 0.25) is 0 Å². The number of carbonyl (C=O) groups is 1. The highest BCUT2D eigenvalue weighted by molar-refractivity contribution is 5.94. The number of benzene rings is 1. The Balaban J connectivity index is 2.01. The summed E-state index contributed by atoms with van der Waals surface area (Å²) in [6.07, 6.45) is -3.68. The van der Waals surface area contributed by atoms with Crippen LogP contribution >= 0.6 is 0 Å². The molecule has 2 heterocycles. The largest absolute Gasteiger partial charge is 0.416 e. The highest BCUT2D eigenvalue weighted by Crippen LogP contribution is 2.40. The molecule has 2 N–H and O–H groups in total. The van der Waals surface area contributed by atoms with Gasteiger partial charge in [-0.2, -0.15) is 13.2 Å². The summed E-state index contributed by atoms with van der Waals surface area (Å²) in [5, 5.41) is 9.96. The second-order valence-electron chi connectivity index (χ2n) is 5.98. The summed E-state index contributed by atoms with van der Waals surface area (Å²) < 4.78 is 39.9. The van der Waals surface area contributed by atoms with Crippen molar-refractivity contribution in [3.63, 3.8) is 0 Å². The van der Waals surface area contributed by atoms with Crippen LogP contribution in [0.1, 0.15) is 39.6 Å². The third-order valence-corrected chi connectivity index (χ3v) is 4.33. The summed E-state index contributed by atoms with van der Waals surface area (Å²) in [5.74, 6) is -0.406. The van der Waals surface area contributed by atoms with E-state index in [0.717, 1.165) is 6.07 Å². The number of rotatable bonds is 2. The first kappa shape index (κ1) is 16.6. The Labute approximate surface area is 136 Å². The SMILES string of the molecule is Cc1cc[nH]c1C(=O)N1C[C@@H](O)C[C@H]1c1ccccc1C(F)(F)F. The zero-order valence-corrected chi connectivity index (χ0v) is 13.0. The number of nitrogens with one attached hydrogen (secondary N) is 1. The lowest BCUT2D eigenvalue weighted by Gasteiger charge is -2.27. The molecule has 1 aliphatic rings. The van der Waals surface area contributed by atoms with E-state index in [9.17, 15) is 23.1 Å². The molecule has 1 aliphatic heterocycles. The van der Waals surface area contributed by atoms with Crippen molar-refractivity contribution in [2.45, 2.75) is 31.7 Å². The van der Waals surface area contributed by atoms with Crippen molar-refractivity contribution in [3.05, 3.63) is 58.9 Å². The fourth-order valence-corrected chi connectivity index (χ4v) is 3.20. The van der Waals surface area contributed by atoms with Gasteiger partial charge >= 0.3 is 6.18 Å². The number of aryl methyl sites for hydroxylation is 1. The molecule has 0 spiro atoms. The standard InChI is InChI=1S/C17H17F3N2O2/c1-10-6-7-21-15(10)16(24)22-9-11(23)8-14(22)12-4-2-3-5-13(12)17(18,19)20/h2-7,11,14,21,23H,8-9H2,1H3/t11-,14-/m0/s1. The molecule has 1 saturated heterocycles. The molecule has 2 aromatic rings. The maximum absolute atomic E-state index is 13.3. The second kappa shape index (κ2) is 5.98. The number of hydrogen-bond acceptors (Lipinski definition) is 2. The summed E-state index contributed by atoms with van der Waals surface area (Å²) >= 11 is 0. The Morgan fingerprint density at radius 1 is 1.29 bits per heavy atom. The number of aromatic amines is 1. The van der Waals surface area contributed by atoms with Crippen LogP contribution in [0.3, 0.4) is 0 Å². The molecule has 0 saturated carbocycles. The highest BCUT2D eigenvalue weighted by atomic mass is 19.4. The topological polar surface area (TPSA) is 56.3 Å². The van der Waals surface area contributed by atoms with Crippen molar-refractivity contribution in [2.24, 2.45) is 0 Å². The van der Waals surface area contributed by atoms with Gasteiger partial charge in [0.2, 0.25) is 0 Å². The minimum Gasteiger partial charge on any atom is -0.391 e. The fraction of sp³-hybridized carbons (Fsp3) is 0.353. The van der Waals surface area contributed by atoms with Gasteiger partial charge in [0.25, 0.3) is 5.91 Å². The lowest BCUT2D eigenvalue weighted by molar-refractivity contribution is -0.138. The predicted molar refractivity (Wildman–Crippen MR) is 81.4 cm³/mol. The molecule has 7 heteroatoms. The van der Waals surface area contributed by atoms with Gasteiger partial charge in [0, 0.05) is 12.7 Å². The maximum Gasteiger partial charge on any atom is 0.416 e. The zero-order valence-electron chi connectivity index (χ0n) is 13.0. The first-order chi connectivity index (χ1) is 11.3. The van der Waals surface area contributed by atoms with E-state index in [1.54, 1.807) is 19.2 Å². The van der Waals surface area contributed by atoms with E-state index in [4.69, 9.17) is 0 Å². The van der Waals surface area contributed by atoms with Crippen LogP contribution < -0.4 is 0 Å². The van der Waals surface area contributed by atoms with Gasteiger partial charge in [-0.1, -0.05) is 18.2 Å². The number of halogens is 3. The number of carbonyl (C=O) groups excluding carboxylic acids is 1. The average molecular weight is 338 g/mol. The molecule has 1 aromatic carbocycles. The number of nitrogens with zero attached hydrogens (tertiary/aromatic N) is 1. The molecule has 3 rings (SSSR count). The lowest BCUT2D eigenvalue weighted by atomic mass is 9.97. The Morgan fingerprint density at radius 3 is 2.62 bits per heavy atom. The van der Waals surface area contributed by atoms with Crippen molar-refractivity contribution < 1.29 is 23.1 Å². The Morgan fingerprint density at radius 2 is 2.00 bits per heavy atom. The summed E-state index contributed by atoms with van der Waals surface area (Å²) in [7, 11) is 0. The molecule has 128 valence electrons. The maximum atomic E-state index is 13.3. The number of alkyl halides is 3. The van der Waals surface area contributed by atoms with Gasteiger partial charge in [0.1, 0.15) is 5.69 Å². The van der Waals surface area contributed by atoms with Gasteiger partial charge in [-0.15, -0.1) is 0 Å². The normalized spacial score (nSPS) is 21.3. The predicted octanol–water partition coefficient (Wildman–Crippen LogP) is 3.29. The Kier molecular flexibility index (Phi) is 4.13. The number of hydrogen-bond donors (Lipinski definition) is 2. The quantitative estimate of drug-likeness (QED) is 0.883. The van der Waals surface area contributed by atoms with Crippen LogP contribution in [0.5, 0.6) is 0 Å². The molecule has 0 aliphatic carbocycles.